The van der Waals surface area contributed by atoms with Gasteiger partial charge in [0, 0.05) is 10.6 Å². The number of hydrogen-bond acceptors (Lipinski definition) is 4. The monoisotopic (exact) mass is 372 g/mol. The zero-order valence-electron chi connectivity index (χ0n) is 13.6. The van der Waals surface area contributed by atoms with Gasteiger partial charge in [-0.05, 0) is 36.8 Å². The maximum Gasteiger partial charge on any atom is 0.230 e. The van der Waals surface area contributed by atoms with Crippen molar-refractivity contribution in [3.8, 4) is 11.4 Å². The largest absolute Gasteiger partial charge is 0.349 e. The van der Waals surface area contributed by atoms with Crippen LogP contribution in [-0.2, 0) is 4.79 Å². The molecule has 0 saturated carbocycles. The predicted molar refractivity (Wildman–Crippen MR) is 101 cm³/mol. The van der Waals surface area contributed by atoms with Gasteiger partial charge in [0.15, 0.2) is 5.82 Å². The minimum Gasteiger partial charge on any atom is -0.349 e. The van der Waals surface area contributed by atoms with Crippen molar-refractivity contribution in [2.45, 2.75) is 18.1 Å². The first kappa shape index (κ1) is 17.5. The topological polar surface area (TPSA) is 70.7 Å². The lowest BCUT2D eigenvalue weighted by Crippen LogP contribution is -2.28. The standard InChI is InChI=1S/C18H17ClN4OS/c1-12(13-5-3-2-4-6-13)20-16(24)11-25-18-21-17(22-23-18)14-7-9-15(19)10-8-14/h2-10,12H,11H2,1H3,(H,20,24)(H,21,22,23)/t12-/m0/s1. The molecule has 0 aliphatic rings. The molecule has 128 valence electrons. The molecular formula is C18H17ClN4OS. The number of H-pyrrole nitrogens is 1. The molecule has 25 heavy (non-hydrogen) atoms. The molecule has 1 amide bonds. The van der Waals surface area contributed by atoms with Crippen molar-refractivity contribution < 1.29 is 4.79 Å². The molecule has 2 N–H and O–H groups in total. The van der Waals surface area contributed by atoms with Crippen molar-refractivity contribution >= 4 is 29.3 Å². The zero-order chi connectivity index (χ0) is 17.6. The van der Waals surface area contributed by atoms with E-state index < -0.39 is 0 Å². The van der Waals surface area contributed by atoms with Crippen LogP contribution >= 0.6 is 23.4 Å². The van der Waals surface area contributed by atoms with Gasteiger partial charge in [-0.3, -0.25) is 9.89 Å². The summed E-state index contributed by atoms with van der Waals surface area (Å²) in [5.74, 6) is 0.853. The highest BCUT2D eigenvalue weighted by atomic mass is 35.5. The summed E-state index contributed by atoms with van der Waals surface area (Å²) in [5.41, 5.74) is 1.97. The van der Waals surface area contributed by atoms with Crippen LogP contribution in [0.2, 0.25) is 5.02 Å². The summed E-state index contributed by atoms with van der Waals surface area (Å²) < 4.78 is 0. The Labute approximate surface area is 155 Å². The normalized spacial score (nSPS) is 11.9. The van der Waals surface area contributed by atoms with Gasteiger partial charge in [0.2, 0.25) is 11.1 Å². The SMILES string of the molecule is C[C@H](NC(=O)CSc1n[nH]c(-c2ccc(Cl)cc2)n1)c1ccccc1. The molecule has 2 aromatic carbocycles. The molecule has 0 aliphatic carbocycles. The number of nitrogens with one attached hydrogen (secondary N) is 2. The molecule has 1 atom stereocenters. The fraction of sp³-hybridized carbons (Fsp3) is 0.167. The van der Waals surface area contributed by atoms with Crippen LogP contribution in [0, 0.1) is 0 Å². The Kier molecular flexibility index (Phi) is 5.73. The number of aromatic nitrogens is 3. The highest BCUT2D eigenvalue weighted by Crippen LogP contribution is 2.21. The van der Waals surface area contributed by atoms with Crippen LogP contribution in [-0.4, -0.2) is 26.8 Å². The number of aromatic amines is 1. The zero-order valence-corrected chi connectivity index (χ0v) is 15.1. The van der Waals surface area contributed by atoms with E-state index in [1.165, 1.54) is 11.8 Å². The number of thioether (sulfide) groups is 1. The van der Waals surface area contributed by atoms with Crippen molar-refractivity contribution in [1.29, 1.82) is 0 Å². The number of benzene rings is 2. The summed E-state index contributed by atoms with van der Waals surface area (Å²) in [4.78, 5) is 16.5. The number of hydrogen-bond donors (Lipinski definition) is 2. The van der Waals surface area contributed by atoms with Crippen molar-refractivity contribution in [3.05, 3.63) is 65.2 Å². The maximum atomic E-state index is 12.1. The fourth-order valence-electron chi connectivity index (χ4n) is 2.29. The van der Waals surface area contributed by atoms with Crippen LogP contribution < -0.4 is 5.32 Å². The Morgan fingerprint density at radius 2 is 1.92 bits per heavy atom. The summed E-state index contributed by atoms with van der Waals surface area (Å²) >= 11 is 7.17. The molecule has 7 heteroatoms. The van der Waals surface area contributed by atoms with E-state index in [1.807, 2.05) is 49.4 Å². The average molecular weight is 373 g/mol. The summed E-state index contributed by atoms with van der Waals surface area (Å²) in [6.45, 7) is 1.96. The molecule has 0 fully saturated rings. The van der Waals surface area contributed by atoms with Gasteiger partial charge in [-0.15, -0.1) is 5.10 Å². The number of amides is 1. The first-order chi connectivity index (χ1) is 12.1. The maximum absolute atomic E-state index is 12.1. The van der Waals surface area contributed by atoms with E-state index in [9.17, 15) is 4.79 Å². The van der Waals surface area contributed by atoms with Crippen molar-refractivity contribution in [1.82, 2.24) is 20.5 Å². The van der Waals surface area contributed by atoms with Crippen molar-refractivity contribution in [2.75, 3.05) is 5.75 Å². The van der Waals surface area contributed by atoms with Crippen molar-refractivity contribution in [3.63, 3.8) is 0 Å². The number of nitrogens with zero attached hydrogens (tertiary/aromatic N) is 2. The van der Waals surface area contributed by atoms with Crippen LogP contribution in [0.15, 0.2) is 59.8 Å². The Hall–Kier alpha value is -2.31. The number of carbonyl (C=O) groups excluding carboxylic acids is 1. The Balaban J connectivity index is 1.53. The number of rotatable bonds is 6. The summed E-state index contributed by atoms with van der Waals surface area (Å²) in [7, 11) is 0. The Morgan fingerprint density at radius 1 is 1.20 bits per heavy atom. The van der Waals surface area contributed by atoms with E-state index in [0.717, 1.165) is 11.1 Å². The van der Waals surface area contributed by atoms with E-state index in [1.54, 1.807) is 12.1 Å². The quantitative estimate of drug-likeness (QED) is 0.639. The van der Waals surface area contributed by atoms with E-state index in [4.69, 9.17) is 11.6 Å². The molecule has 0 bridgehead atoms. The third kappa shape index (κ3) is 4.84. The second-order valence-electron chi connectivity index (χ2n) is 5.46. The van der Waals surface area contributed by atoms with Crippen LogP contribution in [0.1, 0.15) is 18.5 Å². The highest BCUT2D eigenvalue weighted by molar-refractivity contribution is 7.99. The summed E-state index contributed by atoms with van der Waals surface area (Å²) in [6.07, 6.45) is 0. The van der Waals surface area contributed by atoms with Gasteiger partial charge in [-0.2, -0.15) is 0 Å². The molecule has 5 nitrogen and oxygen atoms in total. The van der Waals surface area contributed by atoms with Gasteiger partial charge >= 0.3 is 0 Å². The Morgan fingerprint density at radius 3 is 2.64 bits per heavy atom. The highest BCUT2D eigenvalue weighted by Gasteiger charge is 2.12. The van der Waals surface area contributed by atoms with E-state index in [2.05, 4.69) is 20.5 Å². The van der Waals surface area contributed by atoms with Gasteiger partial charge in [-0.1, -0.05) is 53.7 Å². The van der Waals surface area contributed by atoms with E-state index in [0.29, 0.717) is 16.0 Å². The molecule has 1 aromatic heterocycles. The van der Waals surface area contributed by atoms with Crippen LogP contribution in [0.25, 0.3) is 11.4 Å². The van der Waals surface area contributed by atoms with Crippen molar-refractivity contribution in [2.24, 2.45) is 0 Å². The lowest BCUT2D eigenvalue weighted by atomic mass is 10.1. The molecular weight excluding hydrogens is 356 g/mol. The molecule has 1 heterocycles. The second-order valence-corrected chi connectivity index (χ2v) is 6.84. The second kappa shape index (κ2) is 8.18. The van der Waals surface area contributed by atoms with Gasteiger partial charge in [0.1, 0.15) is 0 Å². The van der Waals surface area contributed by atoms with Gasteiger partial charge in [-0.25, -0.2) is 4.98 Å². The van der Waals surface area contributed by atoms with Gasteiger partial charge < -0.3 is 5.32 Å². The third-order valence-electron chi connectivity index (χ3n) is 3.59. The predicted octanol–water partition coefficient (Wildman–Crippen LogP) is 4.09. The average Bonchev–Trinajstić information content (AvgIpc) is 3.10. The molecule has 0 spiro atoms. The summed E-state index contributed by atoms with van der Waals surface area (Å²) in [5, 5.41) is 11.2. The van der Waals surface area contributed by atoms with Crippen LogP contribution in [0.5, 0.6) is 0 Å². The van der Waals surface area contributed by atoms with Crippen LogP contribution in [0.3, 0.4) is 0 Å². The fourth-order valence-corrected chi connectivity index (χ4v) is 3.02. The van der Waals surface area contributed by atoms with Gasteiger partial charge in [0.25, 0.3) is 0 Å². The molecule has 3 aromatic rings. The lowest BCUT2D eigenvalue weighted by molar-refractivity contribution is -0.119. The van der Waals surface area contributed by atoms with E-state index in [-0.39, 0.29) is 17.7 Å². The molecule has 0 aliphatic heterocycles. The molecule has 0 saturated heterocycles. The minimum absolute atomic E-state index is 0.0360. The van der Waals surface area contributed by atoms with E-state index >= 15 is 0 Å². The first-order valence-corrected chi connectivity index (χ1v) is 9.13. The van der Waals surface area contributed by atoms with Gasteiger partial charge in [0.05, 0.1) is 11.8 Å². The smallest absolute Gasteiger partial charge is 0.230 e. The third-order valence-corrected chi connectivity index (χ3v) is 4.69. The summed E-state index contributed by atoms with van der Waals surface area (Å²) in [6, 6.07) is 17.1. The first-order valence-electron chi connectivity index (χ1n) is 7.77. The minimum atomic E-state index is -0.0563. The molecule has 3 rings (SSSR count). The number of carbonyl (C=O) groups is 1. The lowest BCUT2D eigenvalue weighted by Gasteiger charge is -2.13. The van der Waals surface area contributed by atoms with Crippen LogP contribution in [0.4, 0.5) is 0 Å². The molecule has 0 radical (unpaired) electrons. The molecule has 0 unspecified atom stereocenters. The Bertz CT molecular complexity index is 836. The number of halogens is 1.